The van der Waals surface area contributed by atoms with Crippen LogP contribution in [0.5, 0.6) is 5.75 Å². The molecule has 1 aliphatic heterocycles. The van der Waals surface area contributed by atoms with Crippen molar-refractivity contribution in [2.45, 2.75) is 12.5 Å². The summed E-state index contributed by atoms with van der Waals surface area (Å²) in [5, 5.41) is 0.199. The van der Waals surface area contributed by atoms with Crippen LogP contribution in [-0.4, -0.2) is 37.6 Å². The van der Waals surface area contributed by atoms with Crippen molar-refractivity contribution in [3.8, 4) is 5.75 Å². The second-order valence-electron chi connectivity index (χ2n) is 7.83. The fraction of sp³-hybridized carbons (Fsp3) is 0.280. The van der Waals surface area contributed by atoms with Crippen LogP contribution in [-0.2, 0) is 0 Å². The van der Waals surface area contributed by atoms with Gasteiger partial charge in [0.25, 0.3) is 0 Å². The van der Waals surface area contributed by atoms with E-state index < -0.39 is 5.82 Å². The third kappa shape index (κ3) is 5.75. The molecule has 7 heteroatoms. The molecular weight excluding hydrogens is 437 g/mol. The minimum Gasteiger partial charge on any atom is -0.484 e. The summed E-state index contributed by atoms with van der Waals surface area (Å²) in [6.45, 7) is 4.20. The minimum absolute atomic E-state index is 0.199. The summed E-state index contributed by atoms with van der Waals surface area (Å²) in [6, 6.07) is 16.8. The normalized spacial score (nSPS) is 15.6. The number of rotatable bonds is 7. The summed E-state index contributed by atoms with van der Waals surface area (Å²) < 4.78 is 46.1. The zero-order valence-electron chi connectivity index (χ0n) is 17.5. The highest BCUT2D eigenvalue weighted by atomic mass is 35.5. The van der Waals surface area contributed by atoms with Crippen molar-refractivity contribution in [1.82, 2.24) is 4.90 Å². The van der Waals surface area contributed by atoms with Crippen molar-refractivity contribution in [3.05, 3.63) is 94.8 Å². The van der Waals surface area contributed by atoms with Gasteiger partial charge in [0.1, 0.15) is 29.3 Å². The van der Waals surface area contributed by atoms with Gasteiger partial charge in [-0.15, -0.1) is 0 Å². The van der Waals surface area contributed by atoms with Gasteiger partial charge in [-0.05, 0) is 60.2 Å². The molecule has 4 rings (SSSR count). The zero-order chi connectivity index (χ0) is 22.5. The lowest BCUT2D eigenvalue weighted by Gasteiger charge is -2.36. The molecule has 0 bridgehead atoms. The highest BCUT2D eigenvalue weighted by Gasteiger charge is 2.21. The molecule has 0 aromatic heterocycles. The van der Waals surface area contributed by atoms with Crippen LogP contribution in [0.2, 0.25) is 5.02 Å². The van der Waals surface area contributed by atoms with E-state index in [1.54, 1.807) is 24.3 Å². The third-order valence-corrected chi connectivity index (χ3v) is 5.97. The average molecular weight is 461 g/mol. The predicted molar refractivity (Wildman–Crippen MR) is 121 cm³/mol. The van der Waals surface area contributed by atoms with Crippen LogP contribution in [0.25, 0.3) is 0 Å². The Labute approximate surface area is 191 Å². The van der Waals surface area contributed by atoms with E-state index in [0.717, 1.165) is 44.0 Å². The van der Waals surface area contributed by atoms with Gasteiger partial charge < -0.3 is 9.64 Å². The standard InChI is InChI=1S/C25H24ClF3N2O/c26-23-17-21(29)7-10-25(23)32-24(18-1-3-19(27)4-2-18)11-12-30-13-15-31(16-14-30)22-8-5-20(28)6-9-22/h1-10,17,24H,11-16H2/t24-/m0/s1. The van der Waals surface area contributed by atoms with Gasteiger partial charge in [-0.3, -0.25) is 4.90 Å². The molecule has 3 nitrogen and oxygen atoms in total. The summed E-state index contributed by atoms with van der Waals surface area (Å²) in [4.78, 5) is 4.58. The zero-order valence-corrected chi connectivity index (χ0v) is 18.2. The van der Waals surface area contributed by atoms with E-state index in [1.165, 1.54) is 42.5 Å². The number of piperazine rings is 1. The van der Waals surface area contributed by atoms with Gasteiger partial charge in [0, 0.05) is 44.8 Å². The fourth-order valence-electron chi connectivity index (χ4n) is 3.88. The minimum atomic E-state index is -0.431. The Morgan fingerprint density at radius 2 is 1.38 bits per heavy atom. The molecule has 1 saturated heterocycles. The molecule has 1 atom stereocenters. The van der Waals surface area contributed by atoms with Crippen molar-refractivity contribution < 1.29 is 17.9 Å². The Hall–Kier alpha value is -2.70. The van der Waals surface area contributed by atoms with E-state index in [4.69, 9.17) is 16.3 Å². The lowest BCUT2D eigenvalue weighted by molar-refractivity contribution is 0.160. The highest BCUT2D eigenvalue weighted by molar-refractivity contribution is 6.32. The molecule has 1 aliphatic rings. The molecule has 0 N–H and O–H groups in total. The highest BCUT2D eigenvalue weighted by Crippen LogP contribution is 2.31. The third-order valence-electron chi connectivity index (χ3n) is 5.68. The van der Waals surface area contributed by atoms with E-state index in [1.807, 2.05) is 0 Å². The Bertz CT molecular complexity index is 1020. The maximum Gasteiger partial charge on any atom is 0.139 e. The average Bonchev–Trinajstić information content (AvgIpc) is 2.80. The van der Waals surface area contributed by atoms with Gasteiger partial charge in [-0.2, -0.15) is 0 Å². The van der Waals surface area contributed by atoms with Gasteiger partial charge in [0.05, 0.1) is 5.02 Å². The predicted octanol–water partition coefficient (Wildman–Crippen LogP) is 6.09. The van der Waals surface area contributed by atoms with Crippen LogP contribution >= 0.6 is 11.6 Å². The quantitative estimate of drug-likeness (QED) is 0.424. The summed E-state index contributed by atoms with van der Waals surface area (Å²) in [6.07, 6.45) is 0.310. The summed E-state index contributed by atoms with van der Waals surface area (Å²) in [5.41, 5.74) is 1.85. The number of hydrogen-bond donors (Lipinski definition) is 0. The second kappa shape index (κ2) is 10.3. The molecule has 1 heterocycles. The van der Waals surface area contributed by atoms with Crippen molar-refractivity contribution in [1.29, 1.82) is 0 Å². The summed E-state index contributed by atoms with van der Waals surface area (Å²) in [7, 11) is 0. The first kappa shape index (κ1) is 22.5. The summed E-state index contributed by atoms with van der Waals surface area (Å²) >= 11 is 6.15. The molecule has 0 unspecified atom stereocenters. The van der Waals surface area contributed by atoms with Gasteiger partial charge in [-0.25, -0.2) is 13.2 Å². The maximum absolute atomic E-state index is 13.4. The first-order valence-electron chi connectivity index (χ1n) is 10.6. The first-order valence-corrected chi connectivity index (χ1v) is 11.0. The number of anilines is 1. The first-order chi connectivity index (χ1) is 15.5. The van der Waals surface area contributed by atoms with E-state index >= 15 is 0 Å². The van der Waals surface area contributed by atoms with Crippen LogP contribution in [0.3, 0.4) is 0 Å². The van der Waals surface area contributed by atoms with Crippen LogP contribution in [0, 0.1) is 17.5 Å². The van der Waals surface area contributed by atoms with Crippen molar-refractivity contribution in [3.63, 3.8) is 0 Å². The number of benzene rings is 3. The molecule has 0 amide bonds. The van der Waals surface area contributed by atoms with Gasteiger partial charge >= 0.3 is 0 Å². The fourth-order valence-corrected chi connectivity index (χ4v) is 4.09. The molecule has 3 aromatic rings. The van der Waals surface area contributed by atoms with E-state index in [2.05, 4.69) is 9.80 Å². The van der Waals surface area contributed by atoms with Crippen molar-refractivity contribution in [2.75, 3.05) is 37.6 Å². The second-order valence-corrected chi connectivity index (χ2v) is 8.23. The van der Waals surface area contributed by atoms with E-state index in [-0.39, 0.29) is 22.8 Å². The van der Waals surface area contributed by atoms with E-state index in [9.17, 15) is 13.2 Å². The lowest BCUT2D eigenvalue weighted by atomic mass is 10.1. The Balaban J connectivity index is 1.39. The molecule has 1 fully saturated rings. The maximum atomic E-state index is 13.4. The van der Waals surface area contributed by atoms with Gasteiger partial charge in [0.2, 0.25) is 0 Å². The SMILES string of the molecule is Fc1ccc([C@H](CCN2CCN(c3ccc(F)cc3)CC2)Oc2ccc(F)cc2Cl)cc1. The Morgan fingerprint density at radius 3 is 2.00 bits per heavy atom. The molecule has 0 spiro atoms. The molecule has 168 valence electrons. The number of halogens is 4. The molecule has 0 saturated carbocycles. The topological polar surface area (TPSA) is 15.7 Å². The Morgan fingerprint density at radius 1 is 0.781 bits per heavy atom. The van der Waals surface area contributed by atoms with Crippen LogP contribution < -0.4 is 9.64 Å². The molecule has 3 aromatic carbocycles. The van der Waals surface area contributed by atoms with Crippen LogP contribution in [0.15, 0.2) is 66.7 Å². The summed E-state index contributed by atoms with van der Waals surface area (Å²) in [5.74, 6) is -0.590. The number of nitrogens with zero attached hydrogens (tertiary/aromatic N) is 2. The number of ether oxygens (including phenoxy) is 1. The molecule has 0 radical (unpaired) electrons. The lowest BCUT2D eigenvalue weighted by Crippen LogP contribution is -2.46. The smallest absolute Gasteiger partial charge is 0.139 e. The Kier molecular flexibility index (Phi) is 7.22. The van der Waals surface area contributed by atoms with Crippen LogP contribution in [0.1, 0.15) is 18.1 Å². The van der Waals surface area contributed by atoms with Crippen molar-refractivity contribution in [2.24, 2.45) is 0 Å². The van der Waals surface area contributed by atoms with Gasteiger partial charge in [-0.1, -0.05) is 23.7 Å². The van der Waals surface area contributed by atoms with Crippen molar-refractivity contribution >= 4 is 17.3 Å². The molecule has 32 heavy (non-hydrogen) atoms. The number of hydrogen-bond acceptors (Lipinski definition) is 3. The molecular formula is C25H24ClF3N2O. The largest absolute Gasteiger partial charge is 0.484 e. The van der Waals surface area contributed by atoms with E-state index in [0.29, 0.717) is 12.2 Å². The monoisotopic (exact) mass is 460 g/mol. The van der Waals surface area contributed by atoms with Gasteiger partial charge in [0.15, 0.2) is 0 Å². The van der Waals surface area contributed by atoms with Crippen LogP contribution in [0.4, 0.5) is 18.9 Å². The molecule has 0 aliphatic carbocycles.